The van der Waals surface area contributed by atoms with Gasteiger partial charge in [-0.05, 0) is 24.6 Å². The summed E-state index contributed by atoms with van der Waals surface area (Å²) in [5.74, 6) is 0.453. The summed E-state index contributed by atoms with van der Waals surface area (Å²) >= 11 is 0. The first-order chi connectivity index (χ1) is 8.87. The van der Waals surface area contributed by atoms with Crippen molar-refractivity contribution in [1.82, 2.24) is 0 Å². The highest BCUT2D eigenvalue weighted by atomic mass is 32.2. The second-order valence-corrected chi connectivity index (χ2v) is 6.80. The topological polar surface area (TPSA) is 89.7 Å². The maximum atomic E-state index is 11.8. The van der Waals surface area contributed by atoms with Crippen LogP contribution in [0.15, 0.2) is 18.2 Å². The van der Waals surface area contributed by atoms with Gasteiger partial charge in [-0.25, -0.2) is 8.42 Å². The molecule has 1 aromatic rings. The van der Waals surface area contributed by atoms with E-state index in [1.807, 2.05) is 0 Å². The zero-order valence-corrected chi connectivity index (χ0v) is 11.4. The van der Waals surface area contributed by atoms with Crippen LogP contribution in [-0.4, -0.2) is 39.5 Å². The fourth-order valence-corrected chi connectivity index (χ4v) is 2.60. The molecule has 0 radical (unpaired) electrons. The van der Waals surface area contributed by atoms with Gasteiger partial charge in [0.1, 0.15) is 15.6 Å². The van der Waals surface area contributed by atoms with Crippen LogP contribution in [0.2, 0.25) is 0 Å². The van der Waals surface area contributed by atoms with Gasteiger partial charge in [0.2, 0.25) is 0 Å². The van der Waals surface area contributed by atoms with Gasteiger partial charge in [-0.3, -0.25) is 4.79 Å². The lowest BCUT2D eigenvalue weighted by atomic mass is 10.2. The third kappa shape index (κ3) is 3.37. The summed E-state index contributed by atoms with van der Waals surface area (Å²) in [7, 11) is -3.02. The van der Waals surface area contributed by atoms with Gasteiger partial charge in [0, 0.05) is 18.5 Å². The highest BCUT2D eigenvalue weighted by Gasteiger charge is 2.25. The normalized spacial score (nSPS) is 15.0. The molecule has 0 spiro atoms. The van der Waals surface area contributed by atoms with Crippen LogP contribution in [0, 0.1) is 0 Å². The van der Waals surface area contributed by atoms with Crippen molar-refractivity contribution in [3.63, 3.8) is 0 Å². The number of rotatable bonds is 4. The molecule has 1 aliphatic rings. The first-order valence-corrected chi connectivity index (χ1v) is 7.93. The van der Waals surface area contributed by atoms with Crippen molar-refractivity contribution in [3.05, 3.63) is 18.2 Å². The number of sulfone groups is 1. The molecule has 104 valence electrons. The first-order valence-electron chi connectivity index (χ1n) is 5.87. The smallest absolute Gasteiger partial charge is 0.265 e. The summed E-state index contributed by atoms with van der Waals surface area (Å²) in [5.41, 5.74) is 6.83. The highest BCUT2D eigenvalue weighted by molar-refractivity contribution is 7.90. The third-order valence-corrected chi connectivity index (χ3v) is 3.85. The predicted molar refractivity (Wildman–Crippen MR) is 73.0 cm³/mol. The van der Waals surface area contributed by atoms with Gasteiger partial charge in [-0.1, -0.05) is 0 Å². The number of nitrogen functional groups attached to an aromatic ring is 1. The number of fused-ring (bicyclic) bond motifs is 1. The van der Waals surface area contributed by atoms with Gasteiger partial charge >= 0.3 is 0 Å². The van der Waals surface area contributed by atoms with Crippen LogP contribution in [0.1, 0.15) is 6.42 Å². The summed E-state index contributed by atoms with van der Waals surface area (Å²) in [6, 6.07) is 5.07. The minimum Gasteiger partial charge on any atom is -0.482 e. The SMILES string of the molecule is CS(=O)(=O)CCCN1C(=O)COc2ccc(N)cc21. The van der Waals surface area contributed by atoms with Crippen molar-refractivity contribution in [2.45, 2.75) is 6.42 Å². The van der Waals surface area contributed by atoms with Crippen molar-refractivity contribution in [2.24, 2.45) is 0 Å². The number of nitrogens with zero attached hydrogens (tertiary/aromatic N) is 1. The summed E-state index contributed by atoms with van der Waals surface area (Å²) in [6.07, 6.45) is 1.57. The Hall–Kier alpha value is -1.76. The molecule has 2 rings (SSSR count). The van der Waals surface area contributed by atoms with E-state index < -0.39 is 9.84 Å². The molecule has 1 amide bonds. The van der Waals surface area contributed by atoms with Crippen LogP contribution in [0.5, 0.6) is 5.75 Å². The van der Waals surface area contributed by atoms with E-state index in [1.165, 1.54) is 11.2 Å². The van der Waals surface area contributed by atoms with Crippen LogP contribution in [0.4, 0.5) is 11.4 Å². The molecule has 2 N–H and O–H groups in total. The molecule has 1 aromatic carbocycles. The number of amides is 1. The Bertz CT molecular complexity index is 598. The Morgan fingerprint density at radius 1 is 1.42 bits per heavy atom. The lowest BCUT2D eigenvalue weighted by Gasteiger charge is -2.29. The zero-order valence-electron chi connectivity index (χ0n) is 10.6. The van der Waals surface area contributed by atoms with Gasteiger partial charge in [0.05, 0.1) is 11.4 Å². The quantitative estimate of drug-likeness (QED) is 0.810. The minimum atomic E-state index is -3.02. The Labute approximate surface area is 112 Å². The molecular weight excluding hydrogens is 268 g/mol. The fraction of sp³-hybridized carbons (Fsp3) is 0.417. The Kier molecular flexibility index (Phi) is 3.66. The van der Waals surface area contributed by atoms with Crippen LogP contribution in [0.3, 0.4) is 0 Å². The standard InChI is InChI=1S/C12H16N2O4S/c1-19(16,17)6-2-5-14-10-7-9(13)3-4-11(10)18-8-12(14)15/h3-4,7H,2,5-6,8,13H2,1H3. The van der Waals surface area contributed by atoms with Crippen LogP contribution < -0.4 is 15.4 Å². The molecule has 1 heterocycles. The number of anilines is 2. The maximum Gasteiger partial charge on any atom is 0.265 e. The second kappa shape index (κ2) is 5.08. The lowest BCUT2D eigenvalue weighted by Crippen LogP contribution is -2.39. The van der Waals surface area contributed by atoms with E-state index in [4.69, 9.17) is 10.5 Å². The second-order valence-electron chi connectivity index (χ2n) is 4.54. The van der Waals surface area contributed by atoms with E-state index >= 15 is 0 Å². The molecule has 0 aromatic heterocycles. The highest BCUT2D eigenvalue weighted by Crippen LogP contribution is 2.33. The van der Waals surface area contributed by atoms with E-state index in [0.29, 0.717) is 30.1 Å². The lowest BCUT2D eigenvalue weighted by molar-refractivity contribution is -0.121. The number of hydrogen-bond donors (Lipinski definition) is 1. The van der Waals surface area contributed by atoms with Crippen LogP contribution in [-0.2, 0) is 14.6 Å². The number of hydrogen-bond acceptors (Lipinski definition) is 5. The minimum absolute atomic E-state index is 0.0320. The van der Waals surface area contributed by atoms with Crippen LogP contribution >= 0.6 is 0 Å². The van der Waals surface area contributed by atoms with Gasteiger partial charge in [-0.15, -0.1) is 0 Å². The maximum absolute atomic E-state index is 11.8. The van der Waals surface area contributed by atoms with Crippen molar-refractivity contribution in [1.29, 1.82) is 0 Å². The van der Waals surface area contributed by atoms with Crippen LogP contribution in [0.25, 0.3) is 0 Å². The van der Waals surface area contributed by atoms with E-state index in [2.05, 4.69) is 0 Å². The summed E-state index contributed by atoms with van der Waals surface area (Å²) in [5, 5.41) is 0. The number of benzene rings is 1. The molecule has 0 saturated heterocycles. The number of nitrogens with two attached hydrogens (primary N) is 1. The van der Waals surface area contributed by atoms with E-state index in [-0.39, 0.29) is 18.3 Å². The molecular formula is C12H16N2O4S. The first kappa shape index (κ1) is 13.7. The number of carbonyl (C=O) groups excluding carboxylic acids is 1. The van der Waals surface area contributed by atoms with Gasteiger partial charge < -0.3 is 15.4 Å². The molecule has 0 atom stereocenters. The molecule has 0 fully saturated rings. The molecule has 7 heteroatoms. The largest absolute Gasteiger partial charge is 0.482 e. The summed E-state index contributed by atoms with van der Waals surface area (Å²) in [6.45, 7) is 0.307. The van der Waals surface area contributed by atoms with Crippen molar-refractivity contribution in [2.75, 3.05) is 35.8 Å². The van der Waals surface area contributed by atoms with Gasteiger partial charge in [0.15, 0.2) is 6.61 Å². The molecule has 0 bridgehead atoms. The number of ether oxygens (including phenoxy) is 1. The van der Waals surface area contributed by atoms with Gasteiger partial charge in [0.25, 0.3) is 5.91 Å². The van der Waals surface area contributed by atoms with Crippen molar-refractivity contribution in [3.8, 4) is 5.75 Å². The number of carbonyl (C=O) groups is 1. The Balaban J connectivity index is 2.16. The fourth-order valence-electron chi connectivity index (χ4n) is 1.95. The average molecular weight is 284 g/mol. The molecule has 19 heavy (non-hydrogen) atoms. The third-order valence-electron chi connectivity index (χ3n) is 2.82. The van der Waals surface area contributed by atoms with Crippen molar-refractivity contribution >= 4 is 27.1 Å². The molecule has 0 aliphatic carbocycles. The van der Waals surface area contributed by atoms with Crippen molar-refractivity contribution < 1.29 is 17.9 Å². The van der Waals surface area contributed by atoms with Gasteiger partial charge in [-0.2, -0.15) is 0 Å². The van der Waals surface area contributed by atoms with E-state index in [0.717, 1.165) is 0 Å². The predicted octanol–water partition coefficient (Wildman–Crippen LogP) is 0.429. The molecule has 1 aliphatic heterocycles. The summed E-state index contributed by atoms with van der Waals surface area (Å²) < 4.78 is 27.5. The summed E-state index contributed by atoms with van der Waals surface area (Å²) in [4.78, 5) is 13.4. The Morgan fingerprint density at radius 3 is 2.84 bits per heavy atom. The zero-order chi connectivity index (χ0) is 14.0. The molecule has 6 nitrogen and oxygen atoms in total. The average Bonchev–Trinajstić information content (AvgIpc) is 2.30. The van der Waals surface area contributed by atoms with E-state index in [9.17, 15) is 13.2 Å². The monoisotopic (exact) mass is 284 g/mol. The van der Waals surface area contributed by atoms with E-state index in [1.54, 1.807) is 18.2 Å². The molecule has 0 saturated carbocycles. The molecule has 0 unspecified atom stereocenters. The Morgan fingerprint density at radius 2 is 2.16 bits per heavy atom.